The average Bonchev–Trinajstić information content (AvgIpc) is 3.27. The van der Waals surface area contributed by atoms with Gasteiger partial charge in [0.15, 0.2) is 5.76 Å². The Morgan fingerprint density at radius 3 is 2.38 bits per heavy atom. The summed E-state index contributed by atoms with van der Waals surface area (Å²) in [5.74, 6) is -0.292. The molecule has 3 aromatic carbocycles. The molecule has 34 heavy (non-hydrogen) atoms. The maximum absolute atomic E-state index is 12.6. The van der Waals surface area contributed by atoms with Crippen LogP contribution >= 0.6 is 0 Å². The molecule has 0 spiro atoms. The minimum absolute atomic E-state index is 0.0728. The van der Waals surface area contributed by atoms with Gasteiger partial charge in [-0.1, -0.05) is 60.7 Å². The first kappa shape index (κ1) is 21.6. The number of ether oxygens (including phenoxy) is 1. The molecule has 5 aromatic rings. The topological polar surface area (TPSA) is 95.7 Å². The fraction of sp³-hybridized carbons (Fsp3) is 0.107. The number of aromatic hydroxyl groups is 1. The molecule has 3 N–H and O–H groups in total. The number of fused-ring (bicyclic) bond motifs is 1. The van der Waals surface area contributed by atoms with Gasteiger partial charge in [0.2, 0.25) is 11.2 Å². The number of benzene rings is 3. The Hall–Kier alpha value is -4.29. The molecule has 0 aliphatic heterocycles. The number of aliphatic hydroxyl groups is 1. The second-order valence-electron chi connectivity index (χ2n) is 7.98. The smallest absolute Gasteiger partial charge is 0.227 e. The average molecular weight is 453 g/mol. The number of hydrogen-bond acceptors (Lipinski definition) is 5. The van der Waals surface area contributed by atoms with E-state index in [1.165, 1.54) is 0 Å². The molecule has 0 saturated heterocycles. The molecule has 1 unspecified atom stereocenters. The van der Waals surface area contributed by atoms with Crippen LogP contribution in [0.15, 0.2) is 94.1 Å². The van der Waals surface area contributed by atoms with E-state index in [0.717, 1.165) is 39.4 Å². The van der Waals surface area contributed by atoms with Crippen LogP contribution in [0.2, 0.25) is 0 Å². The summed E-state index contributed by atoms with van der Waals surface area (Å²) in [6.07, 6.45) is 0. The van der Waals surface area contributed by atoms with Crippen LogP contribution in [0.3, 0.4) is 0 Å². The lowest BCUT2D eigenvalue weighted by atomic mass is 9.85. The summed E-state index contributed by atoms with van der Waals surface area (Å²) < 4.78 is 11.3. The van der Waals surface area contributed by atoms with Crippen LogP contribution in [-0.4, -0.2) is 22.3 Å². The molecule has 0 radical (unpaired) electrons. The summed E-state index contributed by atoms with van der Waals surface area (Å²) in [5, 5.41) is 21.5. The summed E-state index contributed by atoms with van der Waals surface area (Å²) in [6.45, 7) is -0.461. The Bertz CT molecular complexity index is 1500. The third-order valence-corrected chi connectivity index (χ3v) is 5.96. The molecule has 0 bridgehead atoms. The Morgan fingerprint density at radius 2 is 1.68 bits per heavy atom. The molecule has 0 saturated carbocycles. The lowest BCUT2D eigenvalue weighted by molar-refractivity contribution is 0.235. The Balaban J connectivity index is 1.87. The number of hydrogen-bond donors (Lipinski definition) is 3. The predicted octanol–water partition coefficient (Wildman–Crippen LogP) is 5.17. The normalized spacial score (nSPS) is 12.1. The maximum atomic E-state index is 12.6. The van der Waals surface area contributed by atoms with E-state index >= 15 is 0 Å². The van der Waals surface area contributed by atoms with Crippen molar-refractivity contribution in [3.63, 3.8) is 0 Å². The first-order valence-electron chi connectivity index (χ1n) is 10.9. The monoisotopic (exact) mass is 453 g/mol. The third-order valence-electron chi connectivity index (χ3n) is 5.96. The van der Waals surface area contributed by atoms with Gasteiger partial charge in [-0.25, -0.2) is 0 Å². The van der Waals surface area contributed by atoms with Crippen molar-refractivity contribution in [1.82, 2.24) is 4.98 Å². The molecule has 0 amide bonds. The largest absolute Gasteiger partial charge is 0.502 e. The van der Waals surface area contributed by atoms with Crippen molar-refractivity contribution in [2.24, 2.45) is 0 Å². The molecule has 0 aliphatic rings. The van der Waals surface area contributed by atoms with E-state index in [9.17, 15) is 15.0 Å². The summed E-state index contributed by atoms with van der Waals surface area (Å²) in [6, 6.07) is 26.2. The molecular formula is C28H23NO5. The first-order chi connectivity index (χ1) is 16.6. The number of rotatable bonds is 6. The third kappa shape index (κ3) is 3.74. The van der Waals surface area contributed by atoms with Crippen molar-refractivity contribution in [3.05, 3.63) is 118 Å². The highest BCUT2D eigenvalue weighted by molar-refractivity contribution is 5.92. The van der Waals surface area contributed by atoms with Crippen LogP contribution in [0.25, 0.3) is 22.2 Å². The number of aromatic amines is 1. The molecule has 5 rings (SSSR count). The second kappa shape index (κ2) is 8.92. The van der Waals surface area contributed by atoms with Crippen LogP contribution in [0.5, 0.6) is 11.5 Å². The van der Waals surface area contributed by atoms with Crippen molar-refractivity contribution in [2.45, 2.75) is 12.5 Å². The van der Waals surface area contributed by atoms with Gasteiger partial charge in [-0.05, 0) is 29.3 Å². The van der Waals surface area contributed by atoms with Gasteiger partial charge in [0.25, 0.3) is 0 Å². The lowest BCUT2D eigenvalue weighted by Crippen LogP contribution is -2.11. The van der Waals surface area contributed by atoms with E-state index in [1.54, 1.807) is 7.11 Å². The number of methoxy groups -OCH3 is 1. The summed E-state index contributed by atoms with van der Waals surface area (Å²) in [7, 11) is 1.59. The summed E-state index contributed by atoms with van der Waals surface area (Å²) >= 11 is 0. The molecule has 2 heterocycles. The molecule has 170 valence electrons. The highest BCUT2D eigenvalue weighted by atomic mass is 16.5. The highest BCUT2D eigenvalue weighted by Gasteiger charge is 2.30. The van der Waals surface area contributed by atoms with Gasteiger partial charge >= 0.3 is 0 Å². The van der Waals surface area contributed by atoms with Crippen LogP contribution in [0.1, 0.15) is 28.6 Å². The van der Waals surface area contributed by atoms with Crippen molar-refractivity contribution in [1.29, 1.82) is 0 Å². The number of H-pyrrole nitrogens is 1. The van der Waals surface area contributed by atoms with Crippen molar-refractivity contribution >= 4 is 10.9 Å². The van der Waals surface area contributed by atoms with Gasteiger partial charge in [-0.2, -0.15) is 0 Å². The summed E-state index contributed by atoms with van der Waals surface area (Å²) in [4.78, 5) is 16.1. The van der Waals surface area contributed by atoms with Crippen molar-refractivity contribution in [3.8, 4) is 22.8 Å². The van der Waals surface area contributed by atoms with Crippen LogP contribution in [0.4, 0.5) is 0 Å². The first-order valence-corrected chi connectivity index (χ1v) is 10.9. The zero-order chi connectivity index (χ0) is 23.7. The van der Waals surface area contributed by atoms with E-state index in [-0.39, 0.29) is 11.5 Å². The molecule has 0 fully saturated rings. The van der Waals surface area contributed by atoms with E-state index in [1.807, 2.05) is 78.9 Å². The van der Waals surface area contributed by atoms with Gasteiger partial charge in [0.05, 0.1) is 18.7 Å². The number of aromatic nitrogens is 1. The number of nitrogens with one attached hydrogen (secondary N) is 1. The Kier molecular flexibility index (Phi) is 5.65. The van der Waals surface area contributed by atoms with Crippen molar-refractivity contribution in [2.75, 3.05) is 7.11 Å². The SMILES string of the molecule is COc1ccc(C(c2oc(CO)cc(=O)c2O)c2c(-c3ccccc3)[nH]c3ccccc23)cc1. The van der Waals surface area contributed by atoms with Gasteiger partial charge in [-0.15, -0.1) is 0 Å². The lowest BCUT2D eigenvalue weighted by Gasteiger charge is -2.20. The summed E-state index contributed by atoms with van der Waals surface area (Å²) in [5.41, 5.74) is 3.74. The molecule has 0 aliphatic carbocycles. The van der Waals surface area contributed by atoms with Crippen LogP contribution in [-0.2, 0) is 6.61 Å². The van der Waals surface area contributed by atoms with Gasteiger partial charge in [-0.3, -0.25) is 4.79 Å². The van der Waals surface area contributed by atoms with Crippen LogP contribution in [0, 0.1) is 0 Å². The quantitative estimate of drug-likeness (QED) is 0.329. The maximum Gasteiger partial charge on any atom is 0.227 e. The van der Waals surface area contributed by atoms with E-state index in [2.05, 4.69) is 4.98 Å². The minimum Gasteiger partial charge on any atom is -0.502 e. The molecule has 1 atom stereocenters. The fourth-order valence-electron chi connectivity index (χ4n) is 4.37. The predicted molar refractivity (Wildman–Crippen MR) is 130 cm³/mol. The molecular weight excluding hydrogens is 430 g/mol. The second-order valence-corrected chi connectivity index (χ2v) is 7.98. The minimum atomic E-state index is -0.642. The van der Waals surface area contributed by atoms with E-state index < -0.39 is 23.7 Å². The zero-order valence-corrected chi connectivity index (χ0v) is 18.5. The standard InChI is InChI=1S/C28H23NO5/c1-33-19-13-11-17(12-14-19)24(28-27(32)23(31)15-20(16-30)34-28)25-21-9-5-6-10-22(21)29-26(25)18-7-3-2-4-8-18/h2-15,24,29-30,32H,16H2,1H3. The van der Waals surface area contributed by atoms with Crippen LogP contribution < -0.4 is 10.2 Å². The number of aliphatic hydroxyl groups excluding tert-OH is 1. The highest BCUT2D eigenvalue weighted by Crippen LogP contribution is 2.44. The van der Waals surface area contributed by atoms with Gasteiger partial charge < -0.3 is 24.4 Å². The Morgan fingerprint density at radius 1 is 0.971 bits per heavy atom. The van der Waals surface area contributed by atoms with E-state index in [4.69, 9.17) is 9.15 Å². The zero-order valence-electron chi connectivity index (χ0n) is 18.5. The molecule has 6 heteroatoms. The molecule has 6 nitrogen and oxygen atoms in total. The molecule has 2 aromatic heterocycles. The van der Waals surface area contributed by atoms with Gasteiger partial charge in [0, 0.05) is 22.5 Å². The van der Waals surface area contributed by atoms with Crippen molar-refractivity contribution < 1.29 is 19.4 Å². The number of para-hydroxylation sites is 1. The Labute approximate surface area is 195 Å². The van der Waals surface area contributed by atoms with Gasteiger partial charge in [0.1, 0.15) is 18.1 Å². The van der Waals surface area contributed by atoms with E-state index in [0.29, 0.717) is 5.75 Å². The fourth-order valence-corrected chi connectivity index (χ4v) is 4.37.